The van der Waals surface area contributed by atoms with Gasteiger partial charge in [0.15, 0.2) is 18.2 Å². The molecule has 11 heteroatoms. The van der Waals surface area contributed by atoms with E-state index in [0.29, 0.717) is 32.4 Å². The predicted molar refractivity (Wildman–Crippen MR) is 135 cm³/mol. The van der Waals surface area contributed by atoms with Gasteiger partial charge in [0.25, 0.3) is 5.91 Å². The van der Waals surface area contributed by atoms with Gasteiger partial charge in [0.2, 0.25) is 0 Å². The summed E-state index contributed by atoms with van der Waals surface area (Å²) in [6, 6.07) is 10.6. The zero-order valence-electron chi connectivity index (χ0n) is 18.2. The first kappa shape index (κ1) is 24.4. The second kappa shape index (κ2) is 10.3. The number of benzene rings is 2. The summed E-state index contributed by atoms with van der Waals surface area (Å²) in [7, 11) is 0. The molecule has 4 aromatic rings. The Morgan fingerprint density at radius 3 is 2.38 bits per heavy atom. The van der Waals surface area contributed by atoms with Crippen LogP contribution in [-0.2, 0) is 13.3 Å². The Morgan fingerprint density at radius 2 is 1.68 bits per heavy atom. The SMILES string of the molecule is Cc1cc(OCn2ccc(C(=O)Nc3nn(Cc4ccc(Cl)c(Cl)c4)cc3Cl)n2)cc(C)c1Cl. The average Bonchev–Trinajstić information content (AvgIpc) is 3.40. The van der Waals surface area contributed by atoms with Crippen molar-refractivity contribution in [3.05, 3.63) is 91.3 Å². The van der Waals surface area contributed by atoms with Crippen LogP contribution >= 0.6 is 46.4 Å². The fourth-order valence-corrected chi connectivity index (χ4v) is 3.87. The van der Waals surface area contributed by atoms with Crippen molar-refractivity contribution >= 4 is 58.1 Å². The molecule has 0 aliphatic heterocycles. The summed E-state index contributed by atoms with van der Waals surface area (Å²) < 4.78 is 8.88. The number of hydrogen-bond acceptors (Lipinski definition) is 4. The fraction of sp³-hybridized carbons (Fsp3) is 0.174. The summed E-state index contributed by atoms with van der Waals surface area (Å²) in [6.07, 6.45) is 3.26. The number of aryl methyl sites for hydroxylation is 2. The van der Waals surface area contributed by atoms with Gasteiger partial charge in [-0.3, -0.25) is 9.48 Å². The largest absolute Gasteiger partial charge is 0.471 e. The summed E-state index contributed by atoms with van der Waals surface area (Å²) in [5, 5.41) is 13.2. The van der Waals surface area contributed by atoms with E-state index < -0.39 is 5.91 Å². The molecule has 2 heterocycles. The minimum absolute atomic E-state index is 0.132. The van der Waals surface area contributed by atoms with Crippen molar-refractivity contribution in [1.29, 1.82) is 0 Å². The van der Waals surface area contributed by atoms with Crippen LogP contribution in [0.15, 0.2) is 48.8 Å². The maximum Gasteiger partial charge on any atom is 0.277 e. The molecule has 0 saturated heterocycles. The zero-order valence-corrected chi connectivity index (χ0v) is 21.2. The van der Waals surface area contributed by atoms with E-state index in [0.717, 1.165) is 16.7 Å². The molecule has 0 fully saturated rings. The lowest BCUT2D eigenvalue weighted by molar-refractivity contribution is 0.101. The van der Waals surface area contributed by atoms with Gasteiger partial charge < -0.3 is 10.1 Å². The van der Waals surface area contributed by atoms with Gasteiger partial charge in [-0.1, -0.05) is 52.5 Å². The highest BCUT2D eigenvalue weighted by Gasteiger charge is 2.15. The van der Waals surface area contributed by atoms with Crippen molar-refractivity contribution in [2.75, 3.05) is 5.32 Å². The van der Waals surface area contributed by atoms with Gasteiger partial charge in [0, 0.05) is 17.4 Å². The summed E-state index contributed by atoms with van der Waals surface area (Å²) >= 11 is 24.5. The van der Waals surface area contributed by atoms with Gasteiger partial charge in [-0.15, -0.1) is 0 Å². The molecule has 0 aliphatic carbocycles. The van der Waals surface area contributed by atoms with Crippen LogP contribution in [0, 0.1) is 13.8 Å². The second-order valence-electron chi connectivity index (χ2n) is 7.61. The zero-order chi connectivity index (χ0) is 24.4. The van der Waals surface area contributed by atoms with Crippen LogP contribution < -0.4 is 10.1 Å². The Balaban J connectivity index is 1.38. The number of anilines is 1. The third-order valence-electron chi connectivity index (χ3n) is 4.92. The molecule has 0 spiro atoms. The normalized spacial score (nSPS) is 11.0. The minimum Gasteiger partial charge on any atom is -0.471 e. The number of amides is 1. The van der Waals surface area contributed by atoms with Gasteiger partial charge in [-0.05, 0) is 60.9 Å². The van der Waals surface area contributed by atoms with E-state index in [9.17, 15) is 4.79 Å². The molecule has 1 N–H and O–H groups in total. The van der Waals surface area contributed by atoms with E-state index in [1.807, 2.05) is 32.0 Å². The second-order valence-corrected chi connectivity index (χ2v) is 9.21. The lowest BCUT2D eigenvalue weighted by Gasteiger charge is -2.10. The number of nitrogens with zero attached hydrogens (tertiary/aromatic N) is 4. The third kappa shape index (κ3) is 5.67. The summed E-state index contributed by atoms with van der Waals surface area (Å²) in [5.74, 6) is 0.448. The maximum atomic E-state index is 12.6. The van der Waals surface area contributed by atoms with Crippen molar-refractivity contribution in [1.82, 2.24) is 19.6 Å². The number of hydrogen-bond donors (Lipinski definition) is 1. The van der Waals surface area contributed by atoms with Crippen molar-refractivity contribution in [2.24, 2.45) is 0 Å². The molecule has 1 amide bonds. The highest BCUT2D eigenvalue weighted by atomic mass is 35.5. The number of halogens is 4. The van der Waals surface area contributed by atoms with Crippen LogP contribution in [0.4, 0.5) is 5.82 Å². The van der Waals surface area contributed by atoms with E-state index in [1.165, 1.54) is 4.68 Å². The topological polar surface area (TPSA) is 74.0 Å². The first-order valence-corrected chi connectivity index (χ1v) is 11.6. The smallest absolute Gasteiger partial charge is 0.277 e. The molecular formula is C23H19Cl4N5O2. The highest BCUT2D eigenvalue weighted by molar-refractivity contribution is 6.42. The monoisotopic (exact) mass is 537 g/mol. The number of carbonyl (C=O) groups is 1. The van der Waals surface area contributed by atoms with Crippen LogP contribution in [0.1, 0.15) is 27.2 Å². The van der Waals surface area contributed by atoms with Crippen molar-refractivity contribution in [3.63, 3.8) is 0 Å². The van der Waals surface area contributed by atoms with Crippen molar-refractivity contribution in [3.8, 4) is 5.75 Å². The predicted octanol–water partition coefficient (Wildman–Crippen LogP) is 6.65. The van der Waals surface area contributed by atoms with Crippen LogP contribution in [-0.4, -0.2) is 25.5 Å². The minimum atomic E-state index is -0.446. The molecule has 7 nitrogen and oxygen atoms in total. The van der Waals surface area contributed by atoms with Crippen molar-refractivity contribution < 1.29 is 9.53 Å². The van der Waals surface area contributed by atoms with Gasteiger partial charge in [0.1, 0.15) is 10.8 Å². The molecule has 0 unspecified atom stereocenters. The number of carbonyl (C=O) groups excluding carboxylic acids is 1. The Kier molecular flexibility index (Phi) is 7.38. The summed E-state index contributed by atoms with van der Waals surface area (Å²) in [5.41, 5.74) is 2.93. The Labute approximate surface area is 216 Å². The Bertz CT molecular complexity index is 1340. The van der Waals surface area contributed by atoms with Crippen molar-refractivity contribution in [2.45, 2.75) is 27.1 Å². The van der Waals surface area contributed by atoms with E-state index in [2.05, 4.69) is 15.5 Å². The molecule has 4 rings (SSSR count). The maximum absolute atomic E-state index is 12.6. The van der Waals surface area contributed by atoms with Gasteiger partial charge in [-0.2, -0.15) is 10.2 Å². The first-order chi connectivity index (χ1) is 16.2. The van der Waals surface area contributed by atoms with Gasteiger partial charge in [0.05, 0.1) is 16.6 Å². The lowest BCUT2D eigenvalue weighted by Crippen LogP contribution is -2.15. The third-order valence-corrected chi connectivity index (χ3v) is 6.54. The number of nitrogens with one attached hydrogen (secondary N) is 1. The Hall–Kier alpha value is -2.71. The van der Waals surface area contributed by atoms with E-state index in [4.69, 9.17) is 51.1 Å². The first-order valence-electron chi connectivity index (χ1n) is 10.1. The van der Waals surface area contributed by atoms with Gasteiger partial charge >= 0.3 is 0 Å². The van der Waals surface area contributed by atoms with E-state index in [-0.39, 0.29) is 18.2 Å². The summed E-state index contributed by atoms with van der Waals surface area (Å²) in [4.78, 5) is 12.6. The number of aromatic nitrogens is 4. The molecule has 0 aliphatic rings. The molecule has 0 saturated carbocycles. The molecular weight excluding hydrogens is 520 g/mol. The molecule has 0 atom stereocenters. The molecule has 2 aromatic carbocycles. The summed E-state index contributed by atoms with van der Waals surface area (Å²) in [6.45, 7) is 4.36. The fourth-order valence-electron chi connectivity index (χ4n) is 3.24. The standard InChI is InChI=1S/C23H19Cl4N5O2/c1-13-7-16(8-14(2)21(13)27)34-12-31-6-5-20(29-31)23(33)28-22-19(26)11-32(30-22)10-15-3-4-17(24)18(25)9-15/h3-9,11H,10,12H2,1-2H3,(H,28,30,33). The highest BCUT2D eigenvalue weighted by Crippen LogP contribution is 2.26. The molecule has 176 valence electrons. The lowest BCUT2D eigenvalue weighted by atomic mass is 10.1. The van der Waals surface area contributed by atoms with Gasteiger partial charge in [-0.25, -0.2) is 4.68 Å². The molecule has 0 radical (unpaired) electrons. The molecule has 34 heavy (non-hydrogen) atoms. The van der Waals surface area contributed by atoms with Crippen LogP contribution in [0.5, 0.6) is 5.75 Å². The van der Waals surface area contributed by atoms with E-state index in [1.54, 1.807) is 35.3 Å². The van der Waals surface area contributed by atoms with Crippen LogP contribution in [0.25, 0.3) is 0 Å². The number of rotatable bonds is 7. The Morgan fingerprint density at radius 1 is 0.941 bits per heavy atom. The van der Waals surface area contributed by atoms with E-state index >= 15 is 0 Å². The molecule has 2 aromatic heterocycles. The van der Waals surface area contributed by atoms with Crippen LogP contribution in [0.2, 0.25) is 20.1 Å². The average molecular weight is 539 g/mol. The quantitative estimate of drug-likeness (QED) is 0.286. The number of ether oxygens (including phenoxy) is 1. The van der Waals surface area contributed by atoms with Crippen LogP contribution in [0.3, 0.4) is 0 Å². The molecule has 0 bridgehead atoms.